The summed E-state index contributed by atoms with van der Waals surface area (Å²) in [6.07, 6.45) is 5.28. The molecule has 0 radical (unpaired) electrons. The number of ether oxygens (including phenoxy) is 2. The number of hydrogen-bond acceptors (Lipinski definition) is 4. The van der Waals surface area contributed by atoms with Gasteiger partial charge in [0.1, 0.15) is 5.82 Å². The first-order chi connectivity index (χ1) is 24.1. The third kappa shape index (κ3) is 6.93. The summed E-state index contributed by atoms with van der Waals surface area (Å²) in [6.45, 7) is 22.5. The first kappa shape index (κ1) is 37.8. The van der Waals surface area contributed by atoms with Crippen LogP contribution in [0.25, 0.3) is 33.3 Å². The molecule has 3 aromatic carbocycles. The molecule has 0 bridgehead atoms. The average Bonchev–Trinajstić information content (AvgIpc) is 3.61. The van der Waals surface area contributed by atoms with Gasteiger partial charge in [-0.25, -0.2) is 4.98 Å². The number of rotatable bonds is 6. The fourth-order valence-corrected chi connectivity index (χ4v) is 8.03. The maximum absolute atomic E-state index is 6.64. The predicted octanol–water partition coefficient (Wildman–Crippen LogP) is 11.1. The molecule has 7 heteroatoms. The Morgan fingerprint density at radius 1 is 0.827 bits per heavy atom. The molecule has 6 aromatic rings. The Bertz CT molecular complexity index is 2300. The van der Waals surface area contributed by atoms with Crippen LogP contribution in [0.5, 0.6) is 11.5 Å². The van der Waals surface area contributed by atoms with E-state index in [2.05, 4.69) is 139 Å². The van der Waals surface area contributed by atoms with Crippen molar-refractivity contribution in [1.82, 2.24) is 19.3 Å². The van der Waals surface area contributed by atoms with E-state index in [0.717, 1.165) is 56.6 Å². The van der Waals surface area contributed by atoms with Gasteiger partial charge in [-0.05, 0) is 61.0 Å². The fourth-order valence-electron chi connectivity index (χ4n) is 8.03. The maximum Gasteiger partial charge on any atom is 2.00 e. The van der Waals surface area contributed by atoms with Crippen LogP contribution in [0.3, 0.4) is 0 Å². The molecule has 0 saturated heterocycles. The Balaban J connectivity index is 0.00000464. The number of hydrogen-bond donors (Lipinski definition) is 0. The van der Waals surface area contributed by atoms with Crippen molar-refractivity contribution in [3.63, 3.8) is 0 Å². The van der Waals surface area contributed by atoms with E-state index in [1.54, 1.807) is 0 Å². The van der Waals surface area contributed by atoms with Gasteiger partial charge < -0.3 is 14.0 Å². The number of allylic oxidation sites excluding steroid dienone is 1. The summed E-state index contributed by atoms with van der Waals surface area (Å²) in [5.74, 6) is 2.73. The summed E-state index contributed by atoms with van der Waals surface area (Å²) in [4.78, 5) is 4.73. The smallest absolute Gasteiger partial charge is 0.509 e. The van der Waals surface area contributed by atoms with E-state index in [0.29, 0.717) is 17.4 Å². The fraction of sp³-hybridized carbons (Fsp3) is 0.378. The van der Waals surface area contributed by atoms with E-state index < -0.39 is 0 Å². The second kappa shape index (κ2) is 14.1. The molecule has 0 aliphatic heterocycles. The minimum atomic E-state index is -0.196. The molecule has 1 aliphatic rings. The monoisotopic (exact) mass is 873 g/mol. The van der Waals surface area contributed by atoms with E-state index in [1.165, 1.54) is 16.8 Å². The van der Waals surface area contributed by atoms with E-state index in [9.17, 15) is 0 Å². The average molecular weight is 874 g/mol. The SMILES string of the molecule is CO[C@H]1C=C(C)C(c2c(C(C)(C)C)nn(-c3[c-]c(Oc4[c-]c5c(cc4)c4ccccc4n5-c4cc(C)ccn4)cc(C)c3)c2C(C)(C)C)[C@@H](C)C1.[Pt+2]. The van der Waals surface area contributed by atoms with Crippen molar-refractivity contribution in [1.29, 1.82) is 0 Å². The Labute approximate surface area is 323 Å². The molecule has 3 atom stereocenters. The van der Waals surface area contributed by atoms with Gasteiger partial charge in [0.25, 0.3) is 0 Å². The van der Waals surface area contributed by atoms with Crippen LogP contribution in [0.4, 0.5) is 0 Å². The predicted molar refractivity (Wildman–Crippen MR) is 208 cm³/mol. The number of aromatic nitrogens is 4. The van der Waals surface area contributed by atoms with Crippen molar-refractivity contribution < 1.29 is 30.5 Å². The number of fused-ring (bicyclic) bond motifs is 3. The molecule has 1 unspecified atom stereocenters. The second-order valence-corrected chi connectivity index (χ2v) is 16.5. The Morgan fingerprint density at radius 2 is 1.58 bits per heavy atom. The number of methoxy groups -OCH3 is 1. The van der Waals surface area contributed by atoms with E-state index in [4.69, 9.17) is 19.6 Å². The van der Waals surface area contributed by atoms with E-state index in [-0.39, 0.29) is 43.9 Å². The number of nitrogens with zero attached hydrogens (tertiary/aromatic N) is 4. The molecule has 7 rings (SSSR count). The van der Waals surface area contributed by atoms with Gasteiger partial charge in [0.15, 0.2) is 0 Å². The van der Waals surface area contributed by atoms with Gasteiger partial charge >= 0.3 is 21.1 Å². The quantitative estimate of drug-likeness (QED) is 0.124. The third-order valence-electron chi connectivity index (χ3n) is 10.2. The van der Waals surface area contributed by atoms with Crippen molar-refractivity contribution >= 4 is 21.8 Å². The van der Waals surface area contributed by atoms with Crippen LogP contribution >= 0.6 is 0 Å². The molecular weight excluding hydrogens is 824 g/mol. The van der Waals surface area contributed by atoms with E-state index >= 15 is 0 Å². The molecule has 0 amide bonds. The van der Waals surface area contributed by atoms with Gasteiger partial charge in [0.05, 0.1) is 17.5 Å². The van der Waals surface area contributed by atoms with Crippen molar-refractivity contribution in [2.45, 2.75) is 98.5 Å². The van der Waals surface area contributed by atoms with Crippen LogP contribution < -0.4 is 4.74 Å². The van der Waals surface area contributed by atoms with Gasteiger partial charge in [-0.3, -0.25) is 4.68 Å². The standard InChI is InChI=1S/C45H50N4O2.Pt/c1-27-18-19-46-39(22-27)48-37-15-13-12-14-35(37)36-17-16-32(26-38(36)48)51-34-21-28(2)20-31(25-34)49-43(45(8,9)10)41(42(47-49)44(5,6)7)40-29(3)23-33(50-11)24-30(40)4;/h12-23,30,33,40H,24H2,1-11H3;/q-2;+2/t30-,33-,40?;/m0./s1. The molecular formula is C45H50N4O2Pt. The van der Waals surface area contributed by atoms with Gasteiger partial charge in [-0.2, -0.15) is 16.7 Å². The number of para-hydroxylation sites is 1. The zero-order chi connectivity index (χ0) is 36.4. The summed E-state index contributed by atoms with van der Waals surface area (Å²) >= 11 is 0. The number of pyridine rings is 1. The molecule has 272 valence electrons. The third-order valence-corrected chi connectivity index (χ3v) is 10.2. The topological polar surface area (TPSA) is 54.1 Å². The van der Waals surface area contributed by atoms with Gasteiger partial charge in [-0.15, -0.1) is 35.7 Å². The van der Waals surface area contributed by atoms with Crippen LogP contribution in [-0.2, 0) is 36.6 Å². The molecule has 0 saturated carbocycles. The molecule has 52 heavy (non-hydrogen) atoms. The van der Waals surface area contributed by atoms with Crippen LogP contribution in [0.15, 0.2) is 78.5 Å². The molecule has 0 N–H and O–H groups in total. The first-order valence-electron chi connectivity index (χ1n) is 18.1. The van der Waals surface area contributed by atoms with Crippen molar-refractivity contribution in [2.24, 2.45) is 5.92 Å². The summed E-state index contributed by atoms with van der Waals surface area (Å²) in [5.41, 5.74) is 9.73. The minimum Gasteiger partial charge on any atom is -0.509 e. The summed E-state index contributed by atoms with van der Waals surface area (Å²) in [6, 6.07) is 28.1. The van der Waals surface area contributed by atoms with Crippen LogP contribution in [0.2, 0.25) is 0 Å². The molecule has 3 heterocycles. The van der Waals surface area contributed by atoms with Crippen molar-refractivity contribution in [2.75, 3.05) is 7.11 Å². The molecule has 1 aliphatic carbocycles. The first-order valence-corrected chi connectivity index (χ1v) is 18.1. The van der Waals surface area contributed by atoms with Crippen molar-refractivity contribution in [3.8, 4) is 23.0 Å². The summed E-state index contributed by atoms with van der Waals surface area (Å²) < 4.78 is 16.8. The minimum absolute atomic E-state index is 0. The maximum atomic E-state index is 6.64. The number of aryl methyl sites for hydroxylation is 2. The Morgan fingerprint density at radius 3 is 2.25 bits per heavy atom. The van der Waals surface area contributed by atoms with Crippen LogP contribution in [0, 0.1) is 31.9 Å². The van der Waals surface area contributed by atoms with E-state index in [1.807, 2.05) is 31.5 Å². The molecule has 6 nitrogen and oxygen atoms in total. The van der Waals surface area contributed by atoms with Crippen LogP contribution in [0.1, 0.15) is 95.8 Å². The van der Waals surface area contributed by atoms with Crippen LogP contribution in [-0.4, -0.2) is 32.5 Å². The number of benzene rings is 3. The summed E-state index contributed by atoms with van der Waals surface area (Å²) in [7, 11) is 1.81. The van der Waals surface area contributed by atoms with Gasteiger partial charge in [-0.1, -0.05) is 90.8 Å². The second-order valence-electron chi connectivity index (χ2n) is 16.5. The largest absolute Gasteiger partial charge is 2.00 e. The summed E-state index contributed by atoms with van der Waals surface area (Å²) in [5, 5.41) is 7.71. The zero-order valence-corrected chi connectivity index (χ0v) is 34.6. The van der Waals surface area contributed by atoms with Gasteiger partial charge in [0.2, 0.25) is 0 Å². The Hall–Kier alpha value is -3.99. The molecule has 0 fully saturated rings. The van der Waals surface area contributed by atoms with Gasteiger partial charge in [0, 0.05) is 52.6 Å². The molecule has 0 spiro atoms. The Kier molecular flexibility index (Phi) is 10.2. The van der Waals surface area contributed by atoms with Crippen molar-refractivity contribution in [3.05, 3.63) is 119 Å². The zero-order valence-electron chi connectivity index (χ0n) is 32.3. The molecule has 3 aromatic heterocycles. The normalized spacial score (nSPS) is 18.1.